The second kappa shape index (κ2) is 9.18. The highest BCUT2D eigenvalue weighted by molar-refractivity contribution is 6.02. The van der Waals surface area contributed by atoms with Crippen molar-refractivity contribution in [3.63, 3.8) is 0 Å². The standard InChI is InChI=1S/C26H32N2O2/c1-3-5-18-13-15-28(21-6-4-7-21)17-24(18)26(29)20-8-10-22-19(16-20)9-11-25(30-2)23(22)12-14-27/h8-11,16,18,21,24H,3-7,12-13,15,17H2,1-2H3/t18-,24+/m0/s1. The Balaban J connectivity index is 1.63. The molecule has 1 saturated carbocycles. The van der Waals surface area contributed by atoms with Gasteiger partial charge in [-0.3, -0.25) is 9.69 Å². The minimum absolute atomic E-state index is 0.0913. The van der Waals surface area contributed by atoms with Gasteiger partial charge in [0, 0.05) is 29.6 Å². The molecule has 1 heterocycles. The number of carbonyl (C=O) groups is 1. The number of hydrogen-bond donors (Lipinski definition) is 0. The molecule has 30 heavy (non-hydrogen) atoms. The SMILES string of the molecule is CCC[C@H]1CCN(C2CCC2)C[C@H]1C(=O)c1ccc2c(CC#N)c(OC)ccc2c1. The molecule has 4 heteroatoms. The van der Waals surface area contributed by atoms with Crippen LogP contribution < -0.4 is 4.74 Å². The number of rotatable bonds is 7. The van der Waals surface area contributed by atoms with E-state index in [0.717, 1.165) is 60.0 Å². The maximum atomic E-state index is 13.6. The monoisotopic (exact) mass is 404 g/mol. The van der Waals surface area contributed by atoms with Gasteiger partial charge in [-0.25, -0.2) is 0 Å². The van der Waals surface area contributed by atoms with Crippen LogP contribution in [0.15, 0.2) is 30.3 Å². The van der Waals surface area contributed by atoms with Gasteiger partial charge in [0.05, 0.1) is 19.6 Å². The largest absolute Gasteiger partial charge is 0.496 e. The van der Waals surface area contributed by atoms with Crippen LogP contribution in [0.4, 0.5) is 0 Å². The van der Waals surface area contributed by atoms with E-state index in [4.69, 9.17) is 4.74 Å². The summed E-state index contributed by atoms with van der Waals surface area (Å²) in [6, 6.07) is 12.8. The average Bonchev–Trinajstić information content (AvgIpc) is 2.73. The summed E-state index contributed by atoms with van der Waals surface area (Å²) >= 11 is 0. The molecular formula is C26H32N2O2. The van der Waals surface area contributed by atoms with Crippen molar-refractivity contribution in [2.24, 2.45) is 11.8 Å². The van der Waals surface area contributed by atoms with E-state index in [1.165, 1.54) is 19.3 Å². The fraction of sp³-hybridized carbons (Fsp3) is 0.538. The van der Waals surface area contributed by atoms with Crippen molar-refractivity contribution >= 4 is 16.6 Å². The van der Waals surface area contributed by atoms with E-state index >= 15 is 0 Å². The molecule has 0 bridgehead atoms. The van der Waals surface area contributed by atoms with E-state index in [2.05, 4.69) is 17.9 Å². The van der Waals surface area contributed by atoms with Crippen LogP contribution in [-0.4, -0.2) is 36.9 Å². The first-order valence-electron chi connectivity index (χ1n) is 11.4. The minimum Gasteiger partial charge on any atom is -0.496 e. The Morgan fingerprint density at radius 3 is 2.73 bits per heavy atom. The van der Waals surface area contributed by atoms with E-state index in [9.17, 15) is 10.1 Å². The Morgan fingerprint density at radius 1 is 1.23 bits per heavy atom. The Bertz CT molecular complexity index is 957. The summed E-state index contributed by atoms with van der Waals surface area (Å²) in [5.74, 6) is 1.60. The maximum Gasteiger partial charge on any atom is 0.167 e. The minimum atomic E-state index is 0.0913. The van der Waals surface area contributed by atoms with Gasteiger partial charge in [-0.05, 0) is 61.1 Å². The molecule has 2 aromatic carbocycles. The number of carbonyl (C=O) groups excluding carboxylic acids is 1. The second-order valence-corrected chi connectivity index (χ2v) is 8.91. The van der Waals surface area contributed by atoms with Crippen molar-refractivity contribution in [2.45, 2.75) is 57.9 Å². The van der Waals surface area contributed by atoms with Gasteiger partial charge in [-0.2, -0.15) is 5.26 Å². The number of fused-ring (bicyclic) bond motifs is 1. The van der Waals surface area contributed by atoms with Crippen molar-refractivity contribution in [3.05, 3.63) is 41.5 Å². The van der Waals surface area contributed by atoms with Gasteiger partial charge < -0.3 is 4.74 Å². The smallest absolute Gasteiger partial charge is 0.167 e. The Labute approximate surface area is 179 Å². The molecule has 2 aliphatic rings. The van der Waals surface area contributed by atoms with Crippen LogP contribution in [0.3, 0.4) is 0 Å². The zero-order chi connectivity index (χ0) is 21.1. The van der Waals surface area contributed by atoms with Gasteiger partial charge in [0.1, 0.15) is 5.75 Å². The summed E-state index contributed by atoms with van der Waals surface area (Å²) in [5, 5.41) is 11.2. The average molecular weight is 405 g/mol. The highest BCUT2D eigenvalue weighted by Crippen LogP contribution is 2.36. The molecule has 1 aliphatic carbocycles. The quantitative estimate of drug-likeness (QED) is 0.581. The molecule has 0 N–H and O–H groups in total. The van der Waals surface area contributed by atoms with Crippen LogP contribution >= 0.6 is 0 Å². The second-order valence-electron chi connectivity index (χ2n) is 8.91. The molecule has 0 amide bonds. The van der Waals surface area contributed by atoms with E-state index < -0.39 is 0 Å². The Kier molecular flexibility index (Phi) is 6.39. The van der Waals surface area contributed by atoms with Crippen molar-refractivity contribution < 1.29 is 9.53 Å². The third kappa shape index (κ3) is 3.96. The molecule has 4 rings (SSSR count). The van der Waals surface area contributed by atoms with Crippen LogP contribution in [-0.2, 0) is 6.42 Å². The van der Waals surface area contributed by atoms with Crippen molar-refractivity contribution in [1.82, 2.24) is 4.90 Å². The molecule has 158 valence electrons. The number of ether oxygens (including phenoxy) is 1. The van der Waals surface area contributed by atoms with Crippen molar-refractivity contribution in [1.29, 1.82) is 5.26 Å². The Morgan fingerprint density at radius 2 is 2.07 bits per heavy atom. The summed E-state index contributed by atoms with van der Waals surface area (Å²) in [6.07, 6.45) is 7.61. The number of hydrogen-bond acceptors (Lipinski definition) is 4. The first kappa shape index (κ1) is 20.9. The number of nitriles is 1. The van der Waals surface area contributed by atoms with Crippen LogP contribution in [0.2, 0.25) is 0 Å². The van der Waals surface area contributed by atoms with Crippen molar-refractivity contribution in [2.75, 3.05) is 20.2 Å². The predicted octanol–water partition coefficient (Wildman–Crippen LogP) is 5.39. The van der Waals surface area contributed by atoms with E-state index in [1.807, 2.05) is 30.3 Å². The Hall–Kier alpha value is -2.38. The molecular weight excluding hydrogens is 372 g/mol. The number of likely N-dealkylation sites (tertiary alicyclic amines) is 1. The molecule has 4 nitrogen and oxygen atoms in total. The third-order valence-electron chi connectivity index (χ3n) is 7.22. The van der Waals surface area contributed by atoms with Crippen LogP contribution in [0, 0.1) is 23.2 Å². The highest BCUT2D eigenvalue weighted by Gasteiger charge is 2.37. The summed E-state index contributed by atoms with van der Waals surface area (Å²) < 4.78 is 5.45. The lowest BCUT2D eigenvalue weighted by Crippen LogP contribution is -2.50. The number of Topliss-reactive ketones (excluding diaryl/α,β-unsaturated/α-hetero) is 1. The molecule has 2 fully saturated rings. The van der Waals surface area contributed by atoms with Gasteiger partial charge in [-0.15, -0.1) is 0 Å². The molecule has 2 aromatic rings. The van der Waals surface area contributed by atoms with Gasteiger partial charge >= 0.3 is 0 Å². The predicted molar refractivity (Wildman–Crippen MR) is 120 cm³/mol. The lowest BCUT2D eigenvalue weighted by Gasteiger charge is -2.45. The number of ketones is 1. The van der Waals surface area contributed by atoms with Gasteiger partial charge in [-0.1, -0.05) is 38.0 Å². The summed E-state index contributed by atoms with van der Waals surface area (Å²) in [6.45, 7) is 4.28. The summed E-state index contributed by atoms with van der Waals surface area (Å²) in [4.78, 5) is 16.2. The highest BCUT2D eigenvalue weighted by atomic mass is 16.5. The molecule has 2 atom stereocenters. The third-order valence-corrected chi connectivity index (χ3v) is 7.22. The number of piperidine rings is 1. The van der Waals surface area contributed by atoms with Gasteiger partial charge in [0.2, 0.25) is 0 Å². The zero-order valence-electron chi connectivity index (χ0n) is 18.2. The number of methoxy groups -OCH3 is 1. The fourth-order valence-corrected chi connectivity index (χ4v) is 5.32. The summed E-state index contributed by atoms with van der Waals surface area (Å²) in [7, 11) is 1.63. The molecule has 1 saturated heterocycles. The van der Waals surface area contributed by atoms with Gasteiger partial charge in [0.25, 0.3) is 0 Å². The topological polar surface area (TPSA) is 53.3 Å². The maximum absolute atomic E-state index is 13.6. The summed E-state index contributed by atoms with van der Waals surface area (Å²) in [5.41, 5.74) is 1.70. The van der Waals surface area contributed by atoms with Crippen LogP contribution in [0.1, 0.15) is 61.4 Å². The normalized spacial score (nSPS) is 22.4. The molecule has 1 aliphatic heterocycles. The number of benzene rings is 2. The molecule has 0 spiro atoms. The fourth-order valence-electron chi connectivity index (χ4n) is 5.32. The van der Waals surface area contributed by atoms with E-state index in [-0.39, 0.29) is 11.7 Å². The van der Waals surface area contributed by atoms with Crippen molar-refractivity contribution in [3.8, 4) is 11.8 Å². The molecule has 0 aromatic heterocycles. The number of nitrogens with zero attached hydrogens (tertiary/aromatic N) is 2. The molecule has 0 unspecified atom stereocenters. The van der Waals surface area contributed by atoms with Gasteiger partial charge in [0.15, 0.2) is 5.78 Å². The van der Waals surface area contributed by atoms with E-state index in [0.29, 0.717) is 18.4 Å². The first-order chi connectivity index (χ1) is 14.7. The van der Waals surface area contributed by atoms with Crippen LogP contribution in [0.5, 0.6) is 5.75 Å². The zero-order valence-corrected chi connectivity index (χ0v) is 18.2. The lowest BCUT2D eigenvalue weighted by atomic mass is 9.76. The first-order valence-corrected chi connectivity index (χ1v) is 11.4. The van der Waals surface area contributed by atoms with E-state index in [1.54, 1.807) is 7.11 Å². The molecule has 0 radical (unpaired) electrons. The lowest BCUT2D eigenvalue weighted by molar-refractivity contribution is 0.0390. The van der Waals surface area contributed by atoms with Crippen LogP contribution in [0.25, 0.3) is 10.8 Å².